The molecule has 2 N–H and O–H groups in total. The second-order valence-corrected chi connectivity index (χ2v) is 6.84. The molecule has 1 aromatic heterocycles. The van der Waals surface area contributed by atoms with Gasteiger partial charge in [0.05, 0.1) is 5.00 Å². The first-order valence-corrected chi connectivity index (χ1v) is 7.76. The number of benzene rings is 1. The van der Waals surface area contributed by atoms with E-state index in [-0.39, 0.29) is 5.82 Å². The molecular weight excluding hydrogens is 289 g/mol. The molecule has 0 spiro atoms. The quantitative estimate of drug-likeness (QED) is 0.793. The van der Waals surface area contributed by atoms with Gasteiger partial charge in [-0.1, -0.05) is 30.5 Å². The third kappa shape index (κ3) is 3.52. The number of nitrogen functional groups attached to an aromatic ring is 1. The second-order valence-electron chi connectivity index (χ2n) is 4.42. The summed E-state index contributed by atoms with van der Waals surface area (Å²) in [5.74, 6) is -0.217. The van der Waals surface area contributed by atoms with Crippen LogP contribution in [0.1, 0.15) is 24.3 Å². The Hall–Kier alpha value is -1.52. The summed E-state index contributed by atoms with van der Waals surface area (Å²) in [4.78, 5) is 3.21. The number of thioether (sulfide) groups is 1. The molecule has 0 aliphatic rings. The molecule has 2 rings (SSSR count). The van der Waals surface area contributed by atoms with Gasteiger partial charge in [-0.15, -0.1) is 11.3 Å². The van der Waals surface area contributed by atoms with E-state index >= 15 is 0 Å². The van der Waals surface area contributed by atoms with Crippen molar-refractivity contribution in [2.45, 2.75) is 13.8 Å². The van der Waals surface area contributed by atoms with Crippen LogP contribution in [0.2, 0.25) is 0 Å². The van der Waals surface area contributed by atoms with Crippen LogP contribution in [0, 0.1) is 5.82 Å². The second kappa shape index (κ2) is 6.29. The van der Waals surface area contributed by atoms with Crippen LogP contribution in [0.3, 0.4) is 0 Å². The summed E-state index contributed by atoms with van der Waals surface area (Å²) in [6, 6.07) is 10.4. The molecule has 1 aromatic carbocycles. The van der Waals surface area contributed by atoms with Gasteiger partial charge in [0, 0.05) is 9.78 Å². The average molecular weight is 305 g/mol. The molecule has 0 aliphatic heterocycles. The number of nitrogens with two attached hydrogens (primary N) is 1. The zero-order valence-corrected chi connectivity index (χ0v) is 13.1. The molecule has 0 saturated carbocycles. The number of rotatable bonds is 4. The maximum atomic E-state index is 12.9. The minimum Gasteiger partial charge on any atom is -0.391 e. The van der Waals surface area contributed by atoms with Gasteiger partial charge in [-0.05, 0) is 54.2 Å². The van der Waals surface area contributed by atoms with E-state index in [1.54, 1.807) is 23.9 Å². The Balaban J connectivity index is 2.17. The Morgan fingerprint density at radius 3 is 2.35 bits per heavy atom. The van der Waals surface area contributed by atoms with Crippen molar-refractivity contribution in [3.8, 4) is 0 Å². The molecule has 20 heavy (non-hydrogen) atoms. The standard InChI is InChI=1S/C16H16FNS2/c1-10(13-4-6-14(17)7-5-13)11(2)19-12(3)15-8-9-16(18)20-15/h4-9H,3,18H2,1-2H3/b11-10+. The van der Waals surface area contributed by atoms with Gasteiger partial charge in [0.25, 0.3) is 0 Å². The highest BCUT2D eigenvalue weighted by Crippen LogP contribution is 2.39. The smallest absolute Gasteiger partial charge is 0.123 e. The van der Waals surface area contributed by atoms with Gasteiger partial charge in [-0.3, -0.25) is 0 Å². The summed E-state index contributed by atoms with van der Waals surface area (Å²) >= 11 is 3.15. The first-order valence-electron chi connectivity index (χ1n) is 6.13. The van der Waals surface area contributed by atoms with Crippen LogP contribution in [-0.4, -0.2) is 0 Å². The summed E-state index contributed by atoms with van der Waals surface area (Å²) in [5, 5.41) is 0.790. The zero-order valence-electron chi connectivity index (χ0n) is 11.4. The van der Waals surface area contributed by atoms with Crippen LogP contribution in [0.5, 0.6) is 0 Å². The van der Waals surface area contributed by atoms with Crippen molar-refractivity contribution in [2.75, 3.05) is 5.73 Å². The van der Waals surface area contributed by atoms with Crippen molar-refractivity contribution in [1.82, 2.24) is 0 Å². The maximum absolute atomic E-state index is 12.9. The van der Waals surface area contributed by atoms with E-state index in [4.69, 9.17) is 5.73 Å². The van der Waals surface area contributed by atoms with E-state index in [0.717, 1.165) is 30.8 Å². The monoisotopic (exact) mass is 305 g/mol. The summed E-state index contributed by atoms with van der Waals surface area (Å²) in [5.41, 5.74) is 7.88. The lowest BCUT2D eigenvalue weighted by Crippen LogP contribution is -1.84. The predicted octanol–water partition coefficient (Wildman–Crippen LogP) is 5.62. The lowest BCUT2D eigenvalue weighted by molar-refractivity contribution is 0.627. The van der Waals surface area contributed by atoms with Crippen molar-refractivity contribution in [1.29, 1.82) is 0 Å². The molecule has 0 saturated heterocycles. The normalized spacial score (nSPS) is 12.2. The fourth-order valence-electron chi connectivity index (χ4n) is 1.72. The van der Waals surface area contributed by atoms with Crippen LogP contribution >= 0.6 is 23.1 Å². The third-order valence-corrected chi connectivity index (χ3v) is 5.17. The van der Waals surface area contributed by atoms with Gasteiger partial charge in [-0.25, -0.2) is 4.39 Å². The highest BCUT2D eigenvalue weighted by atomic mass is 32.2. The topological polar surface area (TPSA) is 26.0 Å². The van der Waals surface area contributed by atoms with Crippen molar-refractivity contribution in [2.24, 2.45) is 0 Å². The Labute approximate surface area is 127 Å². The molecule has 0 unspecified atom stereocenters. The van der Waals surface area contributed by atoms with Crippen LogP contribution in [0.25, 0.3) is 10.5 Å². The minimum absolute atomic E-state index is 0.217. The number of allylic oxidation sites excluding steroid dienone is 2. The zero-order chi connectivity index (χ0) is 14.7. The predicted molar refractivity (Wildman–Crippen MR) is 90.0 cm³/mol. The van der Waals surface area contributed by atoms with E-state index in [2.05, 4.69) is 6.58 Å². The van der Waals surface area contributed by atoms with Gasteiger partial charge >= 0.3 is 0 Å². The van der Waals surface area contributed by atoms with Gasteiger partial charge in [0.2, 0.25) is 0 Å². The molecular formula is C16H16FNS2. The van der Waals surface area contributed by atoms with Crippen LogP contribution in [-0.2, 0) is 0 Å². The largest absolute Gasteiger partial charge is 0.391 e. The molecule has 0 aliphatic carbocycles. The molecule has 0 atom stereocenters. The summed E-state index contributed by atoms with van der Waals surface area (Å²) in [7, 11) is 0. The van der Waals surface area contributed by atoms with Gasteiger partial charge < -0.3 is 5.73 Å². The third-order valence-electron chi connectivity index (χ3n) is 2.98. The van der Waals surface area contributed by atoms with Crippen molar-refractivity contribution in [3.05, 3.63) is 64.1 Å². The van der Waals surface area contributed by atoms with Crippen LogP contribution in [0.4, 0.5) is 9.39 Å². The molecule has 4 heteroatoms. The molecule has 0 bridgehead atoms. The van der Waals surface area contributed by atoms with Crippen LogP contribution < -0.4 is 5.73 Å². The molecule has 1 heterocycles. The van der Waals surface area contributed by atoms with Gasteiger partial charge in [0.1, 0.15) is 5.82 Å². The van der Waals surface area contributed by atoms with E-state index in [1.165, 1.54) is 23.5 Å². The van der Waals surface area contributed by atoms with E-state index < -0.39 is 0 Å². The Kier molecular flexibility index (Phi) is 4.68. The molecule has 0 amide bonds. The van der Waals surface area contributed by atoms with E-state index in [0.29, 0.717) is 0 Å². The Morgan fingerprint density at radius 1 is 1.15 bits per heavy atom. The number of thiophene rings is 1. The average Bonchev–Trinajstić information content (AvgIpc) is 2.85. The fourth-order valence-corrected chi connectivity index (χ4v) is 3.42. The van der Waals surface area contributed by atoms with E-state index in [9.17, 15) is 4.39 Å². The Morgan fingerprint density at radius 2 is 1.80 bits per heavy atom. The first-order chi connectivity index (χ1) is 9.47. The Bertz CT molecular complexity index is 653. The number of anilines is 1. The number of hydrogen-bond donors (Lipinski definition) is 1. The highest BCUT2D eigenvalue weighted by Gasteiger charge is 2.07. The maximum Gasteiger partial charge on any atom is 0.123 e. The summed E-state index contributed by atoms with van der Waals surface area (Å²) in [6.07, 6.45) is 0. The molecule has 2 aromatic rings. The first kappa shape index (κ1) is 14.9. The van der Waals surface area contributed by atoms with Gasteiger partial charge in [0.15, 0.2) is 0 Å². The molecule has 0 radical (unpaired) electrons. The van der Waals surface area contributed by atoms with Crippen molar-refractivity contribution < 1.29 is 4.39 Å². The summed E-state index contributed by atoms with van der Waals surface area (Å²) in [6.45, 7) is 8.17. The molecule has 104 valence electrons. The van der Waals surface area contributed by atoms with Crippen LogP contribution in [0.15, 0.2) is 47.9 Å². The number of hydrogen-bond acceptors (Lipinski definition) is 3. The lowest BCUT2D eigenvalue weighted by Gasteiger charge is -2.09. The summed E-state index contributed by atoms with van der Waals surface area (Å²) < 4.78 is 12.9. The highest BCUT2D eigenvalue weighted by molar-refractivity contribution is 8.12. The van der Waals surface area contributed by atoms with Gasteiger partial charge in [-0.2, -0.15) is 0 Å². The molecule has 1 nitrogen and oxygen atoms in total. The van der Waals surface area contributed by atoms with Crippen molar-refractivity contribution >= 4 is 38.6 Å². The minimum atomic E-state index is -0.217. The SMILES string of the molecule is C=C(S/C(C)=C(\C)c1ccc(F)cc1)c1ccc(N)s1. The molecule has 0 fully saturated rings. The lowest BCUT2D eigenvalue weighted by atomic mass is 10.1. The van der Waals surface area contributed by atoms with Crippen molar-refractivity contribution in [3.63, 3.8) is 0 Å². The fraction of sp³-hybridized carbons (Fsp3) is 0.125. The van der Waals surface area contributed by atoms with E-state index in [1.807, 2.05) is 26.0 Å². The number of halogens is 1.